The molecule has 2 aliphatic heterocycles. The second-order valence-corrected chi connectivity index (χ2v) is 6.58. The monoisotopic (exact) mass is 341 g/mol. The molecule has 0 bridgehead atoms. The summed E-state index contributed by atoms with van der Waals surface area (Å²) in [7, 11) is 0. The van der Waals surface area contributed by atoms with E-state index in [4.69, 9.17) is 4.52 Å². The lowest BCUT2D eigenvalue weighted by Crippen LogP contribution is -2.49. The fraction of sp³-hybridized carbons (Fsp3) is 0.500. The molecule has 0 spiro atoms. The van der Waals surface area contributed by atoms with Gasteiger partial charge >= 0.3 is 0 Å². The van der Waals surface area contributed by atoms with Gasteiger partial charge in [0.25, 0.3) is 0 Å². The minimum absolute atomic E-state index is 0.0387. The minimum atomic E-state index is 0.0387. The lowest BCUT2D eigenvalue weighted by Gasteiger charge is -2.30. The van der Waals surface area contributed by atoms with Gasteiger partial charge in [-0.25, -0.2) is 0 Å². The number of aromatic nitrogens is 2. The van der Waals surface area contributed by atoms with Crippen molar-refractivity contribution in [2.75, 3.05) is 39.3 Å². The van der Waals surface area contributed by atoms with Crippen LogP contribution < -0.4 is 5.32 Å². The summed E-state index contributed by atoms with van der Waals surface area (Å²) in [6, 6.07) is 9.85. The highest BCUT2D eigenvalue weighted by molar-refractivity contribution is 5.78. The lowest BCUT2D eigenvalue weighted by atomic mass is 10.2. The standard InChI is InChI=1S/C18H23N5O2/c24-16(22-11-8-19-9-12-22)13-23-10-4-7-15(23)18-20-17(21-25-18)14-5-2-1-3-6-14/h1-3,5-6,15,19H,4,7-13H2. The van der Waals surface area contributed by atoms with Crippen molar-refractivity contribution in [3.63, 3.8) is 0 Å². The fourth-order valence-corrected chi connectivity index (χ4v) is 3.56. The number of carbonyl (C=O) groups excluding carboxylic acids is 1. The van der Waals surface area contributed by atoms with Crippen LogP contribution in [0.5, 0.6) is 0 Å². The van der Waals surface area contributed by atoms with Crippen LogP contribution in [0.4, 0.5) is 0 Å². The molecule has 7 nitrogen and oxygen atoms in total. The normalized spacial score (nSPS) is 21.6. The third kappa shape index (κ3) is 3.57. The average molecular weight is 341 g/mol. The summed E-state index contributed by atoms with van der Waals surface area (Å²) >= 11 is 0. The molecule has 25 heavy (non-hydrogen) atoms. The van der Waals surface area contributed by atoms with Crippen molar-refractivity contribution in [3.8, 4) is 11.4 Å². The Hall–Kier alpha value is -2.25. The fourth-order valence-electron chi connectivity index (χ4n) is 3.56. The molecule has 4 rings (SSSR count). The molecule has 1 amide bonds. The quantitative estimate of drug-likeness (QED) is 0.904. The molecule has 2 aromatic rings. The van der Waals surface area contributed by atoms with E-state index >= 15 is 0 Å². The highest BCUT2D eigenvalue weighted by Gasteiger charge is 2.33. The molecule has 1 unspecified atom stereocenters. The first-order valence-electron chi connectivity index (χ1n) is 8.93. The first kappa shape index (κ1) is 16.2. The first-order valence-corrected chi connectivity index (χ1v) is 8.93. The molecule has 2 fully saturated rings. The molecule has 7 heteroatoms. The van der Waals surface area contributed by atoms with Crippen LogP contribution in [-0.2, 0) is 4.79 Å². The maximum absolute atomic E-state index is 12.5. The Bertz CT molecular complexity index is 711. The zero-order chi connectivity index (χ0) is 17.1. The highest BCUT2D eigenvalue weighted by atomic mass is 16.5. The van der Waals surface area contributed by atoms with Gasteiger partial charge in [0.15, 0.2) is 0 Å². The highest BCUT2D eigenvalue weighted by Crippen LogP contribution is 2.31. The van der Waals surface area contributed by atoms with Crippen LogP contribution in [0.15, 0.2) is 34.9 Å². The van der Waals surface area contributed by atoms with Gasteiger partial charge in [0, 0.05) is 31.7 Å². The van der Waals surface area contributed by atoms with Crippen molar-refractivity contribution < 1.29 is 9.32 Å². The van der Waals surface area contributed by atoms with Crippen LogP contribution >= 0.6 is 0 Å². The largest absolute Gasteiger partial charge is 0.339 e. The Labute approximate surface area is 147 Å². The van der Waals surface area contributed by atoms with Crippen LogP contribution in [0, 0.1) is 0 Å². The summed E-state index contributed by atoms with van der Waals surface area (Å²) in [5.74, 6) is 1.41. The molecule has 132 valence electrons. The predicted molar refractivity (Wildman–Crippen MR) is 92.7 cm³/mol. The van der Waals surface area contributed by atoms with E-state index in [0.717, 1.165) is 51.1 Å². The third-order valence-corrected chi connectivity index (χ3v) is 4.93. The van der Waals surface area contributed by atoms with Gasteiger partial charge in [-0.1, -0.05) is 35.5 Å². The van der Waals surface area contributed by atoms with Gasteiger partial charge in [0.05, 0.1) is 12.6 Å². The van der Waals surface area contributed by atoms with E-state index in [1.54, 1.807) is 0 Å². The van der Waals surface area contributed by atoms with Crippen molar-refractivity contribution in [3.05, 3.63) is 36.2 Å². The zero-order valence-electron chi connectivity index (χ0n) is 14.2. The number of hydrogen-bond acceptors (Lipinski definition) is 6. The zero-order valence-corrected chi connectivity index (χ0v) is 14.2. The summed E-state index contributed by atoms with van der Waals surface area (Å²) in [5.41, 5.74) is 0.943. The van der Waals surface area contributed by atoms with Crippen molar-refractivity contribution in [2.24, 2.45) is 0 Å². The van der Waals surface area contributed by atoms with E-state index in [-0.39, 0.29) is 11.9 Å². The number of hydrogen-bond donors (Lipinski definition) is 1. The summed E-state index contributed by atoms with van der Waals surface area (Å²) < 4.78 is 5.52. The number of rotatable bonds is 4. The van der Waals surface area contributed by atoms with E-state index in [0.29, 0.717) is 18.3 Å². The summed E-state index contributed by atoms with van der Waals surface area (Å²) in [5, 5.41) is 7.39. The molecule has 1 aromatic heterocycles. The van der Waals surface area contributed by atoms with Gasteiger partial charge in [0.1, 0.15) is 0 Å². The van der Waals surface area contributed by atoms with Gasteiger partial charge in [-0.2, -0.15) is 4.98 Å². The number of piperazine rings is 1. The second-order valence-electron chi connectivity index (χ2n) is 6.58. The number of carbonyl (C=O) groups is 1. The SMILES string of the molecule is O=C(CN1CCCC1c1nc(-c2ccccc2)no1)N1CCNCC1. The molecule has 0 saturated carbocycles. The van der Waals surface area contributed by atoms with E-state index in [2.05, 4.69) is 20.4 Å². The third-order valence-electron chi connectivity index (χ3n) is 4.93. The van der Waals surface area contributed by atoms with Crippen LogP contribution in [0.1, 0.15) is 24.8 Å². The van der Waals surface area contributed by atoms with Crippen LogP contribution in [0.25, 0.3) is 11.4 Å². The van der Waals surface area contributed by atoms with Gasteiger partial charge in [-0.05, 0) is 19.4 Å². The van der Waals surface area contributed by atoms with E-state index in [1.165, 1.54) is 0 Å². The first-order chi connectivity index (χ1) is 12.3. The van der Waals surface area contributed by atoms with Crippen LogP contribution in [-0.4, -0.2) is 65.1 Å². The van der Waals surface area contributed by atoms with Crippen molar-refractivity contribution in [1.82, 2.24) is 25.3 Å². The molecule has 3 heterocycles. The summed E-state index contributed by atoms with van der Waals surface area (Å²) in [6.45, 7) is 4.64. The number of nitrogens with zero attached hydrogens (tertiary/aromatic N) is 4. The Balaban J connectivity index is 1.44. The Morgan fingerprint density at radius 1 is 1.20 bits per heavy atom. The van der Waals surface area contributed by atoms with Crippen molar-refractivity contribution in [2.45, 2.75) is 18.9 Å². The van der Waals surface area contributed by atoms with Gasteiger partial charge in [-0.15, -0.1) is 0 Å². The number of benzene rings is 1. The van der Waals surface area contributed by atoms with Crippen LogP contribution in [0.3, 0.4) is 0 Å². The second kappa shape index (κ2) is 7.33. The lowest BCUT2D eigenvalue weighted by molar-refractivity contribution is -0.133. The molecule has 0 radical (unpaired) electrons. The molecule has 0 aliphatic carbocycles. The molecular weight excluding hydrogens is 318 g/mol. The van der Waals surface area contributed by atoms with E-state index < -0.39 is 0 Å². The topological polar surface area (TPSA) is 74.5 Å². The van der Waals surface area contributed by atoms with E-state index in [9.17, 15) is 4.79 Å². The molecular formula is C18H23N5O2. The number of amides is 1. The smallest absolute Gasteiger partial charge is 0.244 e. The molecule has 1 aromatic carbocycles. The maximum atomic E-state index is 12.5. The van der Waals surface area contributed by atoms with Crippen molar-refractivity contribution >= 4 is 5.91 Å². The summed E-state index contributed by atoms with van der Waals surface area (Å²) in [4.78, 5) is 21.2. The summed E-state index contributed by atoms with van der Waals surface area (Å²) in [6.07, 6.45) is 1.99. The average Bonchev–Trinajstić information content (AvgIpc) is 3.32. The van der Waals surface area contributed by atoms with Crippen LogP contribution in [0.2, 0.25) is 0 Å². The molecule has 1 N–H and O–H groups in total. The Kier molecular flexibility index (Phi) is 4.76. The maximum Gasteiger partial charge on any atom is 0.244 e. The minimum Gasteiger partial charge on any atom is -0.339 e. The van der Waals surface area contributed by atoms with Gasteiger partial charge in [0.2, 0.25) is 17.6 Å². The number of likely N-dealkylation sites (tertiary alicyclic amines) is 1. The van der Waals surface area contributed by atoms with Crippen molar-refractivity contribution in [1.29, 1.82) is 0 Å². The van der Waals surface area contributed by atoms with Gasteiger partial charge in [-0.3, -0.25) is 9.69 Å². The van der Waals surface area contributed by atoms with Gasteiger partial charge < -0.3 is 14.7 Å². The molecule has 2 aliphatic rings. The Morgan fingerprint density at radius 2 is 2.00 bits per heavy atom. The van der Waals surface area contributed by atoms with E-state index in [1.807, 2.05) is 35.2 Å². The Morgan fingerprint density at radius 3 is 2.80 bits per heavy atom. The molecule has 2 saturated heterocycles. The molecule has 1 atom stereocenters. The predicted octanol–water partition coefficient (Wildman–Crippen LogP) is 1.31. The number of nitrogens with one attached hydrogen (secondary N) is 1.